The minimum atomic E-state index is -1.18. The number of para-hydroxylation sites is 2. The van der Waals surface area contributed by atoms with E-state index in [0.717, 1.165) is 11.3 Å². The molecule has 0 saturated heterocycles. The summed E-state index contributed by atoms with van der Waals surface area (Å²) in [6, 6.07) is 14.6. The molecule has 2 aliphatic rings. The molecule has 0 fully saturated rings. The maximum Gasteiger partial charge on any atom is 0.276 e. The van der Waals surface area contributed by atoms with E-state index in [1.807, 2.05) is 42.5 Å². The van der Waals surface area contributed by atoms with E-state index < -0.39 is 5.66 Å². The molecule has 2 N–H and O–H groups in total. The highest BCUT2D eigenvalue weighted by atomic mass is 16.2. The fourth-order valence-corrected chi connectivity index (χ4v) is 3.09. The van der Waals surface area contributed by atoms with Crippen molar-refractivity contribution >= 4 is 23.2 Å². The Labute approximate surface area is 121 Å². The standard InChI is InChI=1S/C16H13N3O2/c1-19-14(20)10-6-2-4-8-12(10)18-16(19)11-7-3-5-9-13(11)17-15(16)21/h2-9,18H,1H3,(H,17,21). The number of likely N-dealkylation sites (N-methyl/N-ethyl adjacent to an activating group) is 1. The predicted molar refractivity (Wildman–Crippen MR) is 78.9 cm³/mol. The highest BCUT2D eigenvalue weighted by molar-refractivity contribution is 6.14. The molecule has 2 amide bonds. The quantitative estimate of drug-likeness (QED) is 0.775. The van der Waals surface area contributed by atoms with Gasteiger partial charge >= 0.3 is 0 Å². The molecular weight excluding hydrogens is 266 g/mol. The Morgan fingerprint density at radius 2 is 1.62 bits per heavy atom. The van der Waals surface area contributed by atoms with Crippen molar-refractivity contribution in [2.75, 3.05) is 17.7 Å². The average Bonchev–Trinajstić information content (AvgIpc) is 2.78. The second-order valence-corrected chi connectivity index (χ2v) is 5.24. The van der Waals surface area contributed by atoms with Crippen LogP contribution in [0.15, 0.2) is 48.5 Å². The van der Waals surface area contributed by atoms with Gasteiger partial charge in [-0.2, -0.15) is 0 Å². The van der Waals surface area contributed by atoms with Crippen molar-refractivity contribution in [3.8, 4) is 0 Å². The summed E-state index contributed by atoms with van der Waals surface area (Å²) in [5.74, 6) is -0.412. The van der Waals surface area contributed by atoms with Crippen molar-refractivity contribution in [3.05, 3.63) is 59.7 Å². The number of nitrogens with one attached hydrogen (secondary N) is 2. The summed E-state index contributed by atoms with van der Waals surface area (Å²) < 4.78 is 0. The molecule has 2 aliphatic heterocycles. The van der Waals surface area contributed by atoms with Crippen LogP contribution in [0, 0.1) is 0 Å². The van der Waals surface area contributed by atoms with E-state index in [1.165, 1.54) is 4.90 Å². The van der Waals surface area contributed by atoms with Gasteiger partial charge in [0.1, 0.15) is 0 Å². The third kappa shape index (κ3) is 1.35. The highest BCUT2D eigenvalue weighted by Crippen LogP contribution is 2.44. The normalized spacial score (nSPS) is 22.6. The van der Waals surface area contributed by atoms with Crippen molar-refractivity contribution < 1.29 is 9.59 Å². The van der Waals surface area contributed by atoms with Crippen LogP contribution in [-0.4, -0.2) is 23.8 Å². The van der Waals surface area contributed by atoms with Gasteiger partial charge in [-0.25, -0.2) is 0 Å². The fraction of sp³-hybridized carbons (Fsp3) is 0.125. The molecule has 21 heavy (non-hydrogen) atoms. The SMILES string of the molecule is CN1C(=O)c2ccccc2NC12C(=O)Nc1ccccc12. The van der Waals surface area contributed by atoms with E-state index in [-0.39, 0.29) is 11.8 Å². The lowest BCUT2D eigenvalue weighted by molar-refractivity contribution is -0.124. The lowest BCUT2D eigenvalue weighted by atomic mass is 9.94. The van der Waals surface area contributed by atoms with Gasteiger partial charge in [0.15, 0.2) is 0 Å². The number of carbonyl (C=O) groups is 2. The molecule has 2 aromatic rings. The Hall–Kier alpha value is -2.82. The van der Waals surface area contributed by atoms with Gasteiger partial charge in [0.25, 0.3) is 11.8 Å². The van der Waals surface area contributed by atoms with E-state index in [2.05, 4.69) is 10.6 Å². The molecule has 2 aromatic carbocycles. The monoisotopic (exact) mass is 279 g/mol. The molecule has 5 heteroatoms. The number of amides is 2. The van der Waals surface area contributed by atoms with Crippen LogP contribution in [0.3, 0.4) is 0 Å². The number of anilines is 2. The van der Waals surface area contributed by atoms with Gasteiger partial charge in [-0.1, -0.05) is 30.3 Å². The number of hydrogen-bond acceptors (Lipinski definition) is 3. The summed E-state index contributed by atoms with van der Waals surface area (Å²) in [5.41, 5.74) is 1.56. The van der Waals surface area contributed by atoms with Crippen molar-refractivity contribution in [3.63, 3.8) is 0 Å². The number of nitrogens with zero attached hydrogens (tertiary/aromatic N) is 1. The molecule has 1 unspecified atom stereocenters. The Bertz CT molecular complexity index is 787. The summed E-state index contributed by atoms with van der Waals surface area (Å²) in [4.78, 5) is 26.7. The first kappa shape index (κ1) is 12.0. The largest absolute Gasteiger partial charge is 0.350 e. The van der Waals surface area contributed by atoms with Crippen LogP contribution in [-0.2, 0) is 10.5 Å². The molecule has 5 nitrogen and oxygen atoms in total. The summed E-state index contributed by atoms with van der Waals surface area (Å²) >= 11 is 0. The lowest BCUT2D eigenvalue weighted by Crippen LogP contribution is -2.59. The molecular formula is C16H13N3O2. The number of benzene rings is 2. The van der Waals surface area contributed by atoms with Crippen LogP contribution in [0.2, 0.25) is 0 Å². The van der Waals surface area contributed by atoms with Gasteiger partial charge < -0.3 is 15.5 Å². The molecule has 2 heterocycles. The molecule has 1 atom stereocenters. The third-order valence-corrected chi connectivity index (χ3v) is 4.17. The van der Waals surface area contributed by atoms with E-state index in [1.54, 1.807) is 13.1 Å². The molecule has 0 aromatic heterocycles. The fourth-order valence-electron chi connectivity index (χ4n) is 3.09. The van der Waals surface area contributed by atoms with Crippen LogP contribution in [0.5, 0.6) is 0 Å². The Balaban J connectivity index is 1.98. The summed E-state index contributed by atoms with van der Waals surface area (Å²) in [7, 11) is 1.65. The number of carbonyl (C=O) groups excluding carboxylic acids is 2. The average molecular weight is 279 g/mol. The summed E-state index contributed by atoms with van der Waals surface area (Å²) in [5, 5.41) is 6.10. The van der Waals surface area contributed by atoms with Gasteiger partial charge in [0, 0.05) is 24.0 Å². The van der Waals surface area contributed by atoms with Crippen LogP contribution in [0.1, 0.15) is 15.9 Å². The molecule has 0 bridgehead atoms. The van der Waals surface area contributed by atoms with Gasteiger partial charge in [0.2, 0.25) is 5.66 Å². The second kappa shape index (κ2) is 3.85. The Morgan fingerprint density at radius 3 is 2.43 bits per heavy atom. The Morgan fingerprint density at radius 1 is 0.952 bits per heavy atom. The molecule has 104 valence electrons. The van der Waals surface area contributed by atoms with E-state index in [9.17, 15) is 9.59 Å². The van der Waals surface area contributed by atoms with Gasteiger partial charge in [0.05, 0.1) is 5.56 Å². The van der Waals surface area contributed by atoms with Crippen molar-refractivity contribution in [1.82, 2.24) is 4.90 Å². The predicted octanol–water partition coefficient (Wildman–Crippen LogP) is 1.99. The van der Waals surface area contributed by atoms with Crippen molar-refractivity contribution in [2.24, 2.45) is 0 Å². The highest BCUT2D eigenvalue weighted by Gasteiger charge is 2.54. The van der Waals surface area contributed by atoms with E-state index in [0.29, 0.717) is 11.3 Å². The topological polar surface area (TPSA) is 61.4 Å². The van der Waals surface area contributed by atoms with Gasteiger partial charge in [-0.05, 0) is 18.2 Å². The van der Waals surface area contributed by atoms with Crippen LogP contribution in [0.25, 0.3) is 0 Å². The zero-order valence-electron chi connectivity index (χ0n) is 11.4. The lowest BCUT2D eigenvalue weighted by Gasteiger charge is -2.42. The zero-order valence-corrected chi connectivity index (χ0v) is 11.4. The second-order valence-electron chi connectivity index (χ2n) is 5.24. The van der Waals surface area contributed by atoms with E-state index in [4.69, 9.17) is 0 Å². The molecule has 0 radical (unpaired) electrons. The minimum absolute atomic E-state index is 0.170. The van der Waals surface area contributed by atoms with E-state index >= 15 is 0 Å². The third-order valence-electron chi connectivity index (χ3n) is 4.17. The summed E-state index contributed by atoms with van der Waals surface area (Å²) in [6.07, 6.45) is 0. The molecule has 0 aliphatic carbocycles. The molecule has 0 saturated carbocycles. The van der Waals surface area contributed by atoms with Crippen LogP contribution in [0.4, 0.5) is 11.4 Å². The maximum absolute atomic E-state index is 12.6. The van der Waals surface area contributed by atoms with Crippen LogP contribution < -0.4 is 10.6 Å². The van der Waals surface area contributed by atoms with Gasteiger partial charge in [-0.15, -0.1) is 0 Å². The zero-order chi connectivity index (χ0) is 14.6. The van der Waals surface area contributed by atoms with Gasteiger partial charge in [-0.3, -0.25) is 9.59 Å². The maximum atomic E-state index is 12.6. The smallest absolute Gasteiger partial charge is 0.276 e. The van der Waals surface area contributed by atoms with Crippen LogP contribution >= 0.6 is 0 Å². The van der Waals surface area contributed by atoms with Crippen molar-refractivity contribution in [2.45, 2.75) is 5.66 Å². The minimum Gasteiger partial charge on any atom is -0.350 e. The molecule has 4 rings (SSSR count). The summed E-state index contributed by atoms with van der Waals surface area (Å²) in [6.45, 7) is 0. The first-order valence-corrected chi connectivity index (χ1v) is 6.71. The van der Waals surface area contributed by atoms with Crippen molar-refractivity contribution in [1.29, 1.82) is 0 Å². The number of fused-ring (bicyclic) bond motifs is 3. The number of rotatable bonds is 0. The number of hydrogen-bond donors (Lipinski definition) is 2. The first-order chi connectivity index (χ1) is 10.1. The Kier molecular flexibility index (Phi) is 2.19. The molecule has 1 spiro atoms. The first-order valence-electron chi connectivity index (χ1n) is 6.71.